The standard InChI is InChI=1S/C18H16Cl3N5O/c1-27-14-5-3-2-4-13(14)15-24-16(18(19,20)21)26-17(25-15)23-11-8-12-6-9-22-10-7-12/h2-7,9-10H,8,11H2,1H3,(H,23,24,25,26). The summed E-state index contributed by atoms with van der Waals surface area (Å²) in [7, 11) is 1.57. The third-order valence-corrected chi connectivity index (χ3v) is 4.19. The van der Waals surface area contributed by atoms with E-state index >= 15 is 0 Å². The molecule has 3 rings (SSSR count). The highest BCUT2D eigenvalue weighted by molar-refractivity contribution is 6.66. The fraction of sp³-hybridized carbons (Fsp3) is 0.222. The molecule has 1 aromatic carbocycles. The van der Waals surface area contributed by atoms with Gasteiger partial charge in [0, 0.05) is 18.9 Å². The Balaban J connectivity index is 1.89. The number of hydrogen-bond donors (Lipinski definition) is 1. The number of halogens is 3. The Labute approximate surface area is 171 Å². The van der Waals surface area contributed by atoms with E-state index in [0.717, 1.165) is 12.0 Å². The Bertz CT molecular complexity index is 903. The smallest absolute Gasteiger partial charge is 0.250 e. The molecule has 0 aliphatic heterocycles. The first-order valence-corrected chi connectivity index (χ1v) is 9.20. The maximum Gasteiger partial charge on any atom is 0.250 e. The average molecular weight is 425 g/mol. The number of anilines is 1. The van der Waals surface area contributed by atoms with Crippen molar-refractivity contribution in [3.8, 4) is 17.1 Å². The van der Waals surface area contributed by atoms with Crippen LogP contribution in [0.4, 0.5) is 5.95 Å². The number of methoxy groups -OCH3 is 1. The van der Waals surface area contributed by atoms with E-state index in [-0.39, 0.29) is 5.82 Å². The molecule has 0 unspecified atom stereocenters. The van der Waals surface area contributed by atoms with E-state index in [9.17, 15) is 0 Å². The van der Waals surface area contributed by atoms with Crippen LogP contribution in [0.5, 0.6) is 5.75 Å². The van der Waals surface area contributed by atoms with Gasteiger partial charge < -0.3 is 10.1 Å². The highest BCUT2D eigenvalue weighted by Gasteiger charge is 2.29. The zero-order valence-electron chi connectivity index (χ0n) is 14.4. The zero-order chi connectivity index (χ0) is 19.3. The van der Waals surface area contributed by atoms with Crippen molar-refractivity contribution in [2.75, 3.05) is 19.0 Å². The first-order chi connectivity index (χ1) is 13.0. The fourth-order valence-corrected chi connectivity index (χ4v) is 2.65. The molecule has 0 saturated carbocycles. The summed E-state index contributed by atoms with van der Waals surface area (Å²) in [5.74, 6) is 1.33. The SMILES string of the molecule is COc1ccccc1-c1nc(NCCc2ccncc2)nc(C(Cl)(Cl)Cl)n1. The Morgan fingerprint density at radius 2 is 1.74 bits per heavy atom. The second-order valence-electron chi connectivity index (χ2n) is 5.54. The molecule has 6 nitrogen and oxygen atoms in total. The highest BCUT2D eigenvalue weighted by Crippen LogP contribution is 2.37. The molecule has 2 heterocycles. The average Bonchev–Trinajstić information content (AvgIpc) is 2.68. The second-order valence-corrected chi connectivity index (χ2v) is 7.82. The normalized spacial score (nSPS) is 11.3. The van der Waals surface area contributed by atoms with Crippen molar-refractivity contribution in [1.29, 1.82) is 0 Å². The van der Waals surface area contributed by atoms with Crippen LogP contribution < -0.4 is 10.1 Å². The first kappa shape index (κ1) is 19.6. The van der Waals surface area contributed by atoms with Crippen molar-refractivity contribution < 1.29 is 4.74 Å². The van der Waals surface area contributed by atoms with Gasteiger partial charge in [-0.2, -0.15) is 9.97 Å². The molecule has 140 valence electrons. The number of benzene rings is 1. The Kier molecular flexibility index (Phi) is 6.31. The van der Waals surface area contributed by atoms with Crippen molar-refractivity contribution in [1.82, 2.24) is 19.9 Å². The second kappa shape index (κ2) is 8.69. The van der Waals surface area contributed by atoms with Gasteiger partial charge in [-0.15, -0.1) is 0 Å². The molecule has 0 aliphatic rings. The van der Waals surface area contributed by atoms with Gasteiger partial charge in [-0.25, -0.2) is 4.98 Å². The maximum absolute atomic E-state index is 6.01. The first-order valence-electron chi connectivity index (χ1n) is 8.07. The molecule has 27 heavy (non-hydrogen) atoms. The van der Waals surface area contributed by atoms with Crippen LogP contribution in [0.25, 0.3) is 11.4 Å². The molecule has 0 fully saturated rings. The topological polar surface area (TPSA) is 72.8 Å². The van der Waals surface area contributed by atoms with Gasteiger partial charge in [0.1, 0.15) is 5.75 Å². The summed E-state index contributed by atoms with van der Waals surface area (Å²) in [5, 5.41) is 3.15. The van der Waals surface area contributed by atoms with Crippen LogP contribution in [0, 0.1) is 0 Å². The molecule has 9 heteroatoms. The van der Waals surface area contributed by atoms with Crippen LogP contribution in [-0.2, 0) is 10.2 Å². The third-order valence-electron chi connectivity index (χ3n) is 3.68. The van der Waals surface area contributed by atoms with E-state index in [1.807, 2.05) is 36.4 Å². The Hall–Kier alpha value is -2.15. The summed E-state index contributed by atoms with van der Waals surface area (Å²) in [5.41, 5.74) is 1.81. The van der Waals surface area contributed by atoms with E-state index in [4.69, 9.17) is 39.5 Å². The van der Waals surface area contributed by atoms with Crippen LogP contribution >= 0.6 is 34.8 Å². The molecular weight excluding hydrogens is 409 g/mol. The molecule has 2 aromatic heterocycles. The molecule has 0 spiro atoms. The molecule has 0 saturated heterocycles. The van der Waals surface area contributed by atoms with Gasteiger partial charge in [0.15, 0.2) is 11.6 Å². The number of ether oxygens (including phenoxy) is 1. The van der Waals surface area contributed by atoms with Gasteiger partial charge in [0.2, 0.25) is 9.74 Å². The van der Waals surface area contributed by atoms with Crippen LogP contribution in [-0.4, -0.2) is 33.6 Å². The minimum Gasteiger partial charge on any atom is -0.496 e. The van der Waals surface area contributed by atoms with Crippen molar-refractivity contribution in [2.45, 2.75) is 10.2 Å². The number of aromatic nitrogens is 4. The lowest BCUT2D eigenvalue weighted by Gasteiger charge is -2.14. The minimum atomic E-state index is -1.78. The molecule has 1 N–H and O–H groups in total. The Morgan fingerprint density at radius 1 is 1.00 bits per heavy atom. The molecule has 3 aromatic rings. The predicted octanol–water partition coefficient (Wildman–Crippen LogP) is 4.42. The largest absolute Gasteiger partial charge is 0.496 e. The molecule has 0 bridgehead atoms. The molecular formula is C18H16Cl3N5O. The number of pyridine rings is 1. The number of rotatable bonds is 6. The lowest BCUT2D eigenvalue weighted by Crippen LogP contribution is -2.15. The summed E-state index contributed by atoms with van der Waals surface area (Å²) < 4.78 is 3.60. The van der Waals surface area contributed by atoms with E-state index in [2.05, 4.69) is 25.3 Å². The van der Waals surface area contributed by atoms with Gasteiger partial charge in [-0.05, 0) is 36.2 Å². The summed E-state index contributed by atoms with van der Waals surface area (Å²) >= 11 is 18.0. The van der Waals surface area contributed by atoms with Crippen LogP contribution in [0.2, 0.25) is 0 Å². The van der Waals surface area contributed by atoms with E-state index in [1.54, 1.807) is 19.5 Å². The van der Waals surface area contributed by atoms with Gasteiger partial charge in [0.05, 0.1) is 12.7 Å². The third kappa shape index (κ3) is 5.19. The van der Waals surface area contributed by atoms with Gasteiger partial charge in [0.25, 0.3) is 0 Å². The van der Waals surface area contributed by atoms with Crippen LogP contribution in [0.3, 0.4) is 0 Å². The number of nitrogens with zero attached hydrogens (tertiary/aromatic N) is 4. The number of hydrogen-bond acceptors (Lipinski definition) is 6. The summed E-state index contributed by atoms with van der Waals surface area (Å²) in [6.07, 6.45) is 4.26. The van der Waals surface area contributed by atoms with Gasteiger partial charge in [-0.3, -0.25) is 4.98 Å². The molecule has 0 amide bonds. The van der Waals surface area contributed by atoms with Crippen molar-refractivity contribution >= 4 is 40.8 Å². The van der Waals surface area contributed by atoms with Crippen LogP contribution in [0.15, 0.2) is 48.8 Å². The summed E-state index contributed by atoms with van der Waals surface area (Å²) in [6.45, 7) is 0.596. The molecule has 0 aliphatic carbocycles. The van der Waals surface area contributed by atoms with E-state index in [0.29, 0.717) is 29.6 Å². The van der Waals surface area contributed by atoms with Crippen molar-refractivity contribution in [3.05, 3.63) is 60.2 Å². The van der Waals surface area contributed by atoms with E-state index < -0.39 is 3.79 Å². The fourth-order valence-electron chi connectivity index (χ4n) is 2.40. The maximum atomic E-state index is 6.01. The monoisotopic (exact) mass is 423 g/mol. The predicted molar refractivity (Wildman–Crippen MR) is 107 cm³/mol. The minimum absolute atomic E-state index is 0.0369. The lowest BCUT2D eigenvalue weighted by atomic mass is 10.2. The number of nitrogens with one attached hydrogen (secondary N) is 1. The molecule has 0 radical (unpaired) electrons. The highest BCUT2D eigenvalue weighted by atomic mass is 35.6. The van der Waals surface area contributed by atoms with Crippen LogP contribution in [0.1, 0.15) is 11.4 Å². The van der Waals surface area contributed by atoms with Crippen molar-refractivity contribution in [3.63, 3.8) is 0 Å². The van der Waals surface area contributed by atoms with Crippen molar-refractivity contribution in [2.24, 2.45) is 0 Å². The summed E-state index contributed by atoms with van der Waals surface area (Å²) in [6, 6.07) is 11.2. The number of alkyl halides is 3. The van der Waals surface area contributed by atoms with Gasteiger partial charge >= 0.3 is 0 Å². The zero-order valence-corrected chi connectivity index (χ0v) is 16.6. The summed E-state index contributed by atoms with van der Waals surface area (Å²) in [4.78, 5) is 17.0. The number of para-hydroxylation sites is 1. The van der Waals surface area contributed by atoms with E-state index in [1.165, 1.54) is 0 Å². The van der Waals surface area contributed by atoms with Gasteiger partial charge in [-0.1, -0.05) is 46.9 Å². The molecule has 0 atom stereocenters. The lowest BCUT2D eigenvalue weighted by molar-refractivity contribution is 0.416. The Morgan fingerprint density at radius 3 is 2.44 bits per heavy atom. The quantitative estimate of drug-likeness (QED) is 0.590.